The van der Waals surface area contributed by atoms with Crippen molar-refractivity contribution in [2.24, 2.45) is 0 Å². The van der Waals surface area contributed by atoms with Crippen LogP contribution in [0.25, 0.3) is 16.9 Å². The van der Waals surface area contributed by atoms with Crippen LogP contribution in [0.4, 0.5) is 5.69 Å². The lowest BCUT2D eigenvalue weighted by Crippen LogP contribution is -2.13. The third kappa shape index (κ3) is 3.81. The van der Waals surface area contributed by atoms with Gasteiger partial charge in [0.1, 0.15) is 12.4 Å². The Balaban J connectivity index is 1.76. The van der Waals surface area contributed by atoms with Crippen LogP contribution >= 0.6 is 0 Å². The quantitative estimate of drug-likeness (QED) is 0.545. The van der Waals surface area contributed by atoms with E-state index in [1.54, 1.807) is 28.9 Å². The van der Waals surface area contributed by atoms with Gasteiger partial charge in [-0.3, -0.25) is 4.79 Å². The highest BCUT2D eigenvalue weighted by molar-refractivity contribution is 6.09. The maximum atomic E-state index is 13.2. The molecule has 0 aliphatic rings. The lowest BCUT2D eigenvalue weighted by molar-refractivity contribution is 0.102. The highest BCUT2D eigenvalue weighted by Crippen LogP contribution is 2.28. The Bertz CT molecular complexity index is 1120. The summed E-state index contributed by atoms with van der Waals surface area (Å²) < 4.78 is 8.46. The number of benzene rings is 2. The summed E-state index contributed by atoms with van der Waals surface area (Å²) in [6.07, 6.45) is 3.32. The highest BCUT2D eigenvalue weighted by atomic mass is 16.5. The molecule has 0 atom stereocenters. The van der Waals surface area contributed by atoms with Crippen molar-refractivity contribution in [3.05, 3.63) is 84.3 Å². The van der Waals surface area contributed by atoms with Crippen LogP contribution in [0.5, 0.6) is 0 Å². The molecule has 0 unspecified atom stereocenters. The first-order chi connectivity index (χ1) is 14.2. The third-order valence-electron chi connectivity index (χ3n) is 4.54. The number of hydrogen-bond donors (Lipinski definition) is 1. The monoisotopic (exact) mass is 387 g/mol. The molecule has 2 heterocycles. The van der Waals surface area contributed by atoms with Gasteiger partial charge in [0.2, 0.25) is 0 Å². The number of anilines is 1. The van der Waals surface area contributed by atoms with Crippen LogP contribution in [0.15, 0.2) is 73.1 Å². The molecule has 0 aliphatic heterocycles. The van der Waals surface area contributed by atoms with E-state index < -0.39 is 0 Å². The van der Waals surface area contributed by atoms with Gasteiger partial charge in [-0.1, -0.05) is 48.5 Å². The summed E-state index contributed by atoms with van der Waals surface area (Å²) in [5.41, 5.74) is 4.29. The molecule has 29 heavy (non-hydrogen) atoms. The largest absolute Gasteiger partial charge is 0.362 e. The van der Waals surface area contributed by atoms with Crippen molar-refractivity contribution in [2.75, 3.05) is 12.4 Å². The molecule has 0 aliphatic carbocycles. The summed E-state index contributed by atoms with van der Waals surface area (Å²) in [4.78, 5) is 13.2. The number of hydrogen-bond acceptors (Lipinski definition) is 4. The SMILES string of the molecule is COCn1cc(NC(=O)c2c(-c3ccccc3)nn(-c3ccccc3)c2C)cn1. The molecule has 0 saturated carbocycles. The molecule has 1 N–H and O–H groups in total. The minimum Gasteiger partial charge on any atom is -0.362 e. The summed E-state index contributed by atoms with van der Waals surface area (Å²) in [7, 11) is 1.59. The van der Waals surface area contributed by atoms with Gasteiger partial charge in [0.15, 0.2) is 0 Å². The zero-order valence-electron chi connectivity index (χ0n) is 16.2. The van der Waals surface area contributed by atoms with Gasteiger partial charge in [0.05, 0.1) is 35.0 Å². The fraction of sp³-hybridized carbons (Fsp3) is 0.136. The van der Waals surface area contributed by atoms with Crippen molar-refractivity contribution in [1.29, 1.82) is 0 Å². The van der Waals surface area contributed by atoms with E-state index in [4.69, 9.17) is 9.84 Å². The Labute approximate surface area is 168 Å². The van der Waals surface area contributed by atoms with E-state index in [2.05, 4.69) is 10.4 Å². The van der Waals surface area contributed by atoms with Gasteiger partial charge in [-0.15, -0.1) is 0 Å². The van der Waals surface area contributed by atoms with Crippen molar-refractivity contribution in [2.45, 2.75) is 13.7 Å². The fourth-order valence-electron chi connectivity index (χ4n) is 3.22. The normalized spacial score (nSPS) is 10.8. The number of nitrogens with one attached hydrogen (secondary N) is 1. The van der Waals surface area contributed by atoms with Crippen LogP contribution < -0.4 is 5.32 Å². The maximum Gasteiger partial charge on any atom is 0.259 e. The van der Waals surface area contributed by atoms with E-state index >= 15 is 0 Å². The van der Waals surface area contributed by atoms with Gasteiger partial charge in [-0.2, -0.15) is 10.2 Å². The smallest absolute Gasteiger partial charge is 0.259 e. The zero-order valence-corrected chi connectivity index (χ0v) is 16.2. The van der Waals surface area contributed by atoms with E-state index in [-0.39, 0.29) is 5.91 Å². The Morgan fingerprint density at radius 2 is 1.76 bits per heavy atom. The second-order valence-corrected chi connectivity index (χ2v) is 6.56. The molecule has 7 heteroatoms. The predicted octanol–water partition coefficient (Wildman–Crippen LogP) is 3.90. The van der Waals surface area contributed by atoms with Gasteiger partial charge in [0.25, 0.3) is 5.91 Å². The number of methoxy groups -OCH3 is 1. The lowest BCUT2D eigenvalue weighted by Gasteiger charge is -2.06. The summed E-state index contributed by atoms with van der Waals surface area (Å²) in [5, 5.41) is 11.8. The minimum atomic E-state index is -0.236. The zero-order chi connectivity index (χ0) is 20.2. The Hall–Kier alpha value is -3.71. The molecule has 146 valence electrons. The number of aromatic nitrogens is 4. The van der Waals surface area contributed by atoms with Crippen molar-refractivity contribution in [3.8, 4) is 16.9 Å². The molecule has 0 fully saturated rings. The molecule has 0 saturated heterocycles. The van der Waals surface area contributed by atoms with Gasteiger partial charge in [-0.25, -0.2) is 9.36 Å². The molecule has 1 amide bonds. The van der Waals surface area contributed by atoms with E-state index in [9.17, 15) is 4.79 Å². The predicted molar refractivity (Wildman–Crippen MR) is 111 cm³/mol. The molecule has 2 aromatic heterocycles. The molecular weight excluding hydrogens is 366 g/mol. The molecule has 4 aromatic rings. The first-order valence-electron chi connectivity index (χ1n) is 9.20. The van der Waals surface area contributed by atoms with E-state index in [1.807, 2.05) is 67.6 Å². The van der Waals surface area contributed by atoms with Gasteiger partial charge in [-0.05, 0) is 19.1 Å². The van der Waals surface area contributed by atoms with Gasteiger partial charge >= 0.3 is 0 Å². The third-order valence-corrected chi connectivity index (χ3v) is 4.54. The van der Waals surface area contributed by atoms with Crippen LogP contribution in [-0.4, -0.2) is 32.6 Å². The van der Waals surface area contributed by atoms with Crippen molar-refractivity contribution in [3.63, 3.8) is 0 Å². The Morgan fingerprint density at radius 3 is 2.45 bits per heavy atom. The Kier molecular flexibility index (Phi) is 5.22. The maximum absolute atomic E-state index is 13.2. The molecule has 0 radical (unpaired) electrons. The molecule has 7 nitrogen and oxygen atoms in total. The minimum absolute atomic E-state index is 0.236. The lowest BCUT2D eigenvalue weighted by atomic mass is 10.1. The average molecular weight is 387 g/mol. The van der Waals surface area contributed by atoms with Crippen molar-refractivity contribution >= 4 is 11.6 Å². The van der Waals surface area contributed by atoms with Gasteiger partial charge in [0, 0.05) is 12.7 Å². The van der Waals surface area contributed by atoms with Gasteiger partial charge < -0.3 is 10.1 Å². The first-order valence-corrected chi connectivity index (χ1v) is 9.20. The number of ether oxygens (including phenoxy) is 1. The average Bonchev–Trinajstić information content (AvgIpc) is 3.33. The number of para-hydroxylation sites is 1. The van der Waals surface area contributed by atoms with E-state index in [1.165, 1.54) is 0 Å². The van der Waals surface area contributed by atoms with E-state index in [0.717, 1.165) is 16.9 Å². The summed E-state index contributed by atoms with van der Waals surface area (Å²) in [6.45, 7) is 2.21. The molecule has 4 rings (SSSR count). The van der Waals surface area contributed by atoms with Crippen LogP contribution in [0, 0.1) is 6.92 Å². The molecule has 0 bridgehead atoms. The summed E-state index contributed by atoms with van der Waals surface area (Å²) in [5.74, 6) is -0.236. The second kappa shape index (κ2) is 8.12. The molecule has 0 spiro atoms. The number of carbonyl (C=O) groups is 1. The van der Waals surface area contributed by atoms with Crippen LogP contribution in [0.1, 0.15) is 16.1 Å². The van der Waals surface area contributed by atoms with Crippen molar-refractivity contribution in [1.82, 2.24) is 19.6 Å². The second-order valence-electron chi connectivity index (χ2n) is 6.56. The Morgan fingerprint density at radius 1 is 1.07 bits per heavy atom. The number of carbonyl (C=O) groups excluding carboxylic acids is 1. The molecular formula is C22H21N5O2. The number of rotatable bonds is 6. The van der Waals surface area contributed by atoms with Crippen LogP contribution in [0.2, 0.25) is 0 Å². The highest BCUT2D eigenvalue weighted by Gasteiger charge is 2.23. The van der Waals surface area contributed by atoms with E-state index in [0.29, 0.717) is 23.7 Å². The van der Waals surface area contributed by atoms with Crippen molar-refractivity contribution < 1.29 is 9.53 Å². The van der Waals surface area contributed by atoms with Crippen LogP contribution in [-0.2, 0) is 11.5 Å². The van der Waals surface area contributed by atoms with Crippen LogP contribution in [0.3, 0.4) is 0 Å². The summed E-state index contributed by atoms with van der Waals surface area (Å²) >= 11 is 0. The molecule has 2 aromatic carbocycles. The number of nitrogens with zero attached hydrogens (tertiary/aromatic N) is 4. The first kappa shape index (κ1) is 18.6. The topological polar surface area (TPSA) is 74.0 Å². The number of amides is 1. The fourth-order valence-corrected chi connectivity index (χ4v) is 3.22. The summed E-state index contributed by atoms with van der Waals surface area (Å²) in [6, 6.07) is 19.5. The standard InChI is InChI=1S/C22H21N5O2/c1-16-20(22(28)24-18-13-23-26(14-18)15-29-2)21(17-9-5-3-6-10-17)25-27(16)19-11-7-4-8-12-19/h3-14H,15H2,1-2H3,(H,24,28).